The van der Waals surface area contributed by atoms with E-state index in [-0.39, 0.29) is 22.8 Å². The van der Waals surface area contributed by atoms with Crippen molar-refractivity contribution in [2.24, 2.45) is 0 Å². The Morgan fingerprint density at radius 1 is 0.358 bits per heavy atom. The SMILES string of the molecule is Oc1ccc(-c2c3nc(c(-c4ccc(Cl)cc4)c4ccc([nH]4)c(-c4ccc(Cl)cc4)c4nc(c(-c5ccc(Cl)cc5)c5ccc2[nH]5)C=C4)C=C3)cc1.[Fe]. The molecule has 9 rings (SSSR count). The van der Waals surface area contributed by atoms with E-state index in [2.05, 4.69) is 46.4 Å². The summed E-state index contributed by atoms with van der Waals surface area (Å²) in [6.45, 7) is 0. The van der Waals surface area contributed by atoms with Crippen molar-refractivity contribution >= 4 is 81.2 Å². The van der Waals surface area contributed by atoms with E-state index in [1.807, 2.05) is 97.1 Å². The van der Waals surface area contributed by atoms with Crippen LogP contribution in [0.4, 0.5) is 0 Å². The summed E-state index contributed by atoms with van der Waals surface area (Å²) >= 11 is 19.1. The summed E-state index contributed by atoms with van der Waals surface area (Å²) in [6.07, 6.45) is 8.19. The second-order valence-corrected chi connectivity index (χ2v) is 13.9. The van der Waals surface area contributed by atoms with Gasteiger partial charge in [0.25, 0.3) is 0 Å². The summed E-state index contributed by atoms with van der Waals surface area (Å²) < 4.78 is 0. The van der Waals surface area contributed by atoms with Crippen LogP contribution in [0.15, 0.2) is 121 Å². The third kappa shape index (κ3) is 6.61. The van der Waals surface area contributed by atoms with Crippen LogP contribution >= 0.6 is 34.8 Å². The number of H-pyrrole nitrogens is 2. The first-order valence-electron chi connectivity index (χ1n) is 16.6. The molecule has 2 aliphatic rings. The summed E-state index contributed by atoms with van der Waals surface area (Å²) in [5, 5.41) is 12.1. The predicted octanol–water partition coefficient (Wildman–Crippen LogP) is 13.0. The number of rotatable bonds is 4. The first kappa shape index (κ1) is 34.7. The number of benzene rings is 4. The Hall–Kier alpha value is -5.33. The van der Waals surface area contributed by atoms with Crippen LogP contribution in [0.5, 0.6) is 5.75 Å². The van der Waals surface area contributed by atoms with Gasteiger partial charge in [-0.3, -0.25) is 0 Å². The molecule has 2 aliphatic heterocycles. The number of aromatic nitrogens is 4. The average Bonchev–Trinajstić information content (AvgIpc) is 3.99. The van der Waals surface area contributed by atoms with E-state index >= 15 is 0 Å². The van der Waals surface area contributed by atoms with Crippen molar-refractivity contribution in [2.75, 3.05) is 0 Å². The third-order valence-electron chi connectivity index (χ3n) is 9.31. The van der Waals surface area contributed by atoms with Gasteiger partial charge in [-0.1, -0.05) is 83.3 Å². The van der Waals surface area contributed by atoms with E-state index in [0.29, 0.717) is 15.1 Å². The van der Waals surface area contributed by atoms with Crippen molar-refractivity contribution in [1.29, 1.82) is 0 Å². The number of fused-ring (bicyclic) bond motifs is 8. The van der Waals surface area contributed by atoms with Crippen molar-refractivity contribution in [3.05, 3.63) is 159 Å². The van der Waals surface area contributed by atoms with Crippen molar-refractivity contribution in [1.82, 2.24) is 19.9 Å². The van der Waals surface area contributed by atoms with E-state index < -0.39 is 0 Å². The van der Waals surface area contributed by atoms with Crippen molar-refractivity contribution in [2.45, 2.75) is 0 Å². The monoisotopic (exact) mass is 788 g/mol. The van der Waals surface area contributed by atoms with Crippen LogP contribution in [0.2, 0.25) is 15.1 Å². The molecule has 0 saturated carbocycles. The average molecular weight is 790 g/mol. The van der Waals surface area contributed by atoms with Crippen molar-refractivity contribution in [3.63, 3.8) is 0 Å². The molecule has 258 valence electrons. The Morgan fingerprint density at radius 2 is 0.604 bits per heavy atom. The van der Waals surface area contributed by atoms with Crippen molar-refractivity contribution in [3.8, 4) is 50.3 Å². The van der Waals surface area contributed by atoms with Crippen LogP contribution in [0.25, 0.3) is 90.9 Å². The van der Waals surface area contributed by atoms with Crippen LogP contribution in [0.1, 0.15) is 22.8 Å². The number of phenolic OH excluding ortho intramolecular Hbond substituents is 1. The summed E-state index contributed by atoms with van der Waals surface area (Å²) in [6, 6.07) is 38.9. The van der Waals surface area contributed by atoms with Gasteiger partial charge in [-0.15, -0.1) is 0 Å². The number of aromatic hydroxyl groups is 1. The maximum Gasteiger partial charge on any atom is 0.115 e. The van der Waals surface area contributed by atoms with E-state index in [1.165, 1.54) is 0 Å². The quantitative estimate of drug-likeness (QED) is 0.155. The number of phenols is 1. The molecule has 0 atom stereocenters. The summed E-state index contributed by atoms with van der Waals surface area (Å²) in [4.78, 5) is 18.0. The molecule has 3 N–H and O–H groups in total. The van der Waals surface area contributed by atoms with Crippen LogP contribution in [0, 0.1) is 0 Å². The minimum absolute atomic E-state index is 0. The van der Waals surface area contributed by atoms with Gasteiger partial charge in [0.15, 0.2) is 0 Å². The summed E-state index contributed by atoms with van der Waals surface area (Å²) in [7, 11) is 0. The minimum atomic E-state index is 0. The number of halogens is 3. The molecule has 5 nitrogen and oxygen atoms in total. The van der Waals surface area contributed by atoms with Gasteiger partial charge < -0.3 is 15.1 Å². The molecule has 9 heteroatoms. The minimum Gasteiger partial charge on any atom is -0.508 e. The van der Waals surface area contributed by atoms with Gasteiger partial charge in [0.05, 0.1) is 22.8 Å². The van der Waals surface area contributed by atoms with Crippen molar-refractivity contribution < 1.29 is 22.2 Å². The molecule has 0 spiro atoms. The van der Waals surface area contributed by atoms with Gasteiger partial charge in [-0.25, -0.2) is 9.97 Å². The number of nitrogens with zero attached hydrogens (tertiary/aromatic N) is 2. The second-order valence-electron chi connectivity index (χ2n) is 12.6. The second kappa shape index (κ2) is 14.2. The van der Waals surface area contributed by atoms with Crippen LogP contribution < -0.4 is 0 Å². The zero-order chi connectivity index (χ0) is 35.3. The fourth-order valence-corrected chi connectivity index (χ4v) is 7.28. The maximum absolute atomic E-state index is 10.2. The van der Waals surface area contributed by atoms with E-state index in [1.54, 1.807) is 12.1 Å². The Morgan fingerprint density at radius 3 is 0.868 bits per heavy atom. The topological polar surface area (TPSA) is 77.6 Å². The largest absolute Gasteiger partial charge is 0.508 e. The van der Waals surface area contributed by atoms with Crippen LogP contribution in [-0.2, 0) is 17.1 Å². The number of hydrogen-bond donors (Lipinski definition) is 3. The number of hydrogen-bond acceptors (Lipinski definition) is 3. The van der Waals surface area contributed by atoms with Gasteiger partial charge >= 0.3 is 0 Å². The van der Waals surface area contributed by atoms with Gasteiger partial charge in [0.2, 0.25) is 0 Å². The van der Waals surface area contributed by atoms with Gasteiger partial charge in [-0.2, -0.15) is 0 Å². The fourth-order valence-electron chi connectivity index (χ4n) is 6.90. The Kier molecular flexibility index (Phi) is 9.34. The number of aromatic amines is 2. The molecule has 8 bridgehead atoms. The standard InChI is InChI=1S/C44H27Cl3N4O.Fe/c45-29-9-1-25(2-10-29)41-33-17-19-35(48-33)42(26-3-11-30(46)12-4-26)37-21-23-39(50-37)44(28-7-15-32(52)16-8-28)40-24-22-38(51-40)43(36-20-18-34(41)49-36)27-5-13-31(47)14-6-27;/h1-24,48,51-52H;. The molecule has 0 unspecified atom stereocenters. The molecule has 0 radical (unpaired) electrons. The molecule has 7 aromatic rings. The zero-order valence-corrected chi connectivity index (χ0v) is 31.1. The maximum atomic E-state index is 10.2. The first-order valence-corrected chi connectivity index (χ1v) is 17.7. The molecule has 5 heterocycles. The van der Waals surface area contributed by atoms with Crippen LogP contribution in [-0.4, -0.2) is 25.0 Å². The van der Waals surface area contributed by atoms with Crippen LogP contribution in [0.3, 0.4) is 0 Å². The molecule has 0 aliphatic carbocycles. The van der Waals surface area contributed by atoms with Gasteiger partial charge in [-0.05, 0) is 119 Å². The molecule has 0 fully saturated rings. The van der Waals surface area contributed by atoms with E-state index in [4.69, 9.17) is 44.8 Å². The predicted molar refractivity (Wildman–Crippen MR) is 217 cm³/mol. The smallest absolute Gasteiger partial charge is 0.115 e. The first-order chi connectivity index (χ1) is 25.4. The van der Waals surface area contributed by atoms with Gasteiger partial charge in [0, 0.05) is 76.5 Å². The molecule has 3 aromatic heterocycles. The third-order valence-corrected chi connectivity index (χ3v) is 10.1. The molecule has 53 heavy (non-hydrogen) atoms. The molecule has 4 aromatic carbocycles. The Balaban J connectivity index is 0.00000400. The fraction of sp³-hybridized carbons (Fsp3) is 0. The number of nitrogens with one attached hydrogen (secondary N) is 2. The zero-order valence-electron chi connectivity index (χ0n) is 27.7. The molecule has 0 amide bonds. The van der Waals surface area contributed by atoms with Gasteiger partial charge in [0.1, 0.15) is 5.75 Å². The molecule has 0 saturated heterocycles. The Labute approximate surface area is 330 Å². The summed E-state index contributed by atoms with van der Waals surface area (Å²) in [5.74, 6) is 0.188. The summed E-state index contributed by atoms with van der Waals surface area (Å²) in [5.41, 5.74) is 14.1. The molecular weight excluding hydrogens is 763 g/mol. The molecular formula is C44H27Cl3FeN4O. The van der Waals surface area contributed by atoms with E-state index in [9.17, 15) is 5.11 Å². The normalized spacial score (nSPS) is 11.8. The Bertz CT molecular complexity index is 2380. The van der Waals surface area contributed by atoms with E-state index in [0.717, 1.165) is 89.4 Å².